The topological polar surface area (TPSA) is 12.0 Å². The quantitative estimate of drug-likeness (QED) is 0.866. The van der Waals surface area contributed by atoms with Gasteiger partial charge in [-0.1, -0.05) is 42.3 Å². The molecule has 0 aromatic heterocycles. The first kappa shape index (κ1) is 14.7. The van der Waals surface area contributed by atoms with Gasteiger partial charge in [0.1, 0.15) is 5.82 Å². The van der Waals surface area contributed by atoms with Gasteiger partial charge < -0.3 is 5.32 Å². The van der Waals surface area contributed by atoms with E-state index in [9.17, 15) is 4.39 Å². The van der Waals surface area contributed by atoms with E-state index in [4.69, 9.17) is 0 Å². The van der Waals surface area contributed by atoms with Crippen LogP contribution in [0.2, 0.25) is 0 Å². The molecular formula is C18H22FN. The molecular weight excluding hydrogens is 249 g/mol. The Bertz CT molecular complexity index is 584. The summed E-state index contributed by atoms with van der Waals surface area (Å²) in [5.41, 5.74) is 5.78. The number of hydrogen-bond acceptors (Lipinski definition) is 1. The molecule has 1 N–H and O–H groups in total. The van der Waals surface area contributed by atoms with Crippen molar-refractivity contribution in [3.05, 3.63) is 70.0 Å². The van der Waals surface area contributed by atoms with Gasteiger partial charge in [-0.3, -0.25) is 0 Å². The third-order valence-electron chi connectivity index (χ3n) is 3.54. The smallest absolute Gasteiger partial charge is 0.123 e. The van der Waals surface area contributed by atoms with E-state index in [1.807, 2.05) is 13.0 Å². The second-order valence-electron chi connectivity index (χ2n) is 5.41. The zero-order valence-electron chi connectivity index (χ0n) is 12.6. The summed E-state index contributed by atoms with van der Waals surface area (Å²) in [4.78, 5) is 0. The van der Waals surface area contributed by atoms with Crippen LogP contribution < -0.4 is 5.32 Å². The van der Waals surface area contributed by atoms with Gasteiger partial charge in [0.05, 0.1) is 6.04 Å². The van der Waals surface area contributed by atoms with Crippen LogP contribution in [0.3, 0.4) is 0 Å². The fourth-order valence-corrected chi connectivity index (χ4v) is 2.71. The van der Waals surface area contributed by atoms with Crippen LogP contribution in [0, 0.1) is 26.6 Å². The Morgan fingerprint density at radius 1 is 1.00 bits per heavy atom. The standard InChI is InChI=1S/C18H22FN/c1-5-20-18(15-9-12(2)8-13(3)10-15)17-11-16(19)7-6-14(17)4/h6-11,18,20H,5H2,1-4H3. The summed E-state index contributed by atoms with van der Waals surface area (Å²) in [6.07, 6.45) is 0. The number of nitrogens with one attached hydrogen (secondary N) is 1. The van der Waals surface area contributed by atoms with E-state index in [0.29, 0.717) is 0 Å². The zero-order chi connectivity index (χ0) is 14.7. The van der Waals surface area contributed by atoms with Gasteiger partial charge in [0.15, 0.2) is 0 Å². The largest absolute Gasteiger partial charge is 0.307 e. The first-order valence-electron chi connectivity index (χ1n) is 7.09. The number of hydrogen-bond donors (Lipinski definition) is 1. The van der Waals surface area contributed by atoms with Crippen LogP contribution in [0.1, 0.15) is 40.8 Å². The second kappa shape index (κ2) is 6.19. The molecule has 106 valence electrons. The highest BCUT2D eigenvalue weighted by Gasteiger charge is 2.16. The third-order valence-corrected chi connectivity index (χ3v) is 3.54. The molecule has 1 unspecified atom stereocenters. The van der Waals surface area contributed by atoms with Crippen molar-refractivity contribution >= 4 is 0 Å². The van der Waals surface area contributed by atoms with Gasteiger partial charge in [-0.05, 0) is 56.1 Å². The molecule has 1 nitrogen and oxygen atoms in total. The first-order chi connectivity index (χ1) is 9.51. The van der Waals surface area contributed by atoms with E-state index < -0.39 is 0 Å². The summed E-state index contributed by atoms with van der Waals surface area (Å²) in [5, 5.41) is 3.47. The van der Waals surface area contributed by atoms with Gasteiger partial charge in [-0.2, -0.15) is 0 Å². The molecule has 0 saturated carbocycles. The Morgan fingerprint density at radius 2 is 1.65 bits per heavy atom. The molecule has 0 fully saturated rings. The summed E-state index contributed by atoms with van der Waals surface area (Å²) in [6.45, 7) is 9.13. The van der Waals surface area contributed by atoms with Gasteiger partial charge >= 0.3 is 0 Å². The Kier molecular flexibility index (Phi) is 4.56. The summed E-state index contributed by atoms with van der Waals surface area (Å²) < 4.78 is 13.6. The maximum Gasteiger partial charge on any atom is 0.123 e. The molecule has 0 aliphatic carbocycles. The van der Waals surface area contributed by atoms with Crippen molar-refractivity contribution in [2.75, 3.05) is 6.54 Å². The predicted octanol–water partition coefficient (Wildman–Crippen LogP) is 4.45. The van der Waals surface area contributed by atoms with Crippen molar-refractivity contribution in [1.82, 2.24) is 5.32 Å². The maximum atomic E-state index is 13.6. The van der Waals surface area contributed by atoms with E-state index in [0.717, 1.165) is 17.7 Å². The molecule has 0 heterocycles. The summed E-state index contributed by atoms with van der Waals surface area (Å²) in [5.74, 6) is -0.183. The van der Waals surface area contributed by atoms with E-state index in [1.165, 1.54) is 22.8 Å². The lowest BCUT2D eigenvalue weighted by Crippen LogP contribution is -2.23. The van der Waals surface area contributed by atoms with E-state index in [1.54, 1.807) is 6.07 Å². The van der Waals surface area contributed by atoms with Gasteiger partial charge in [-0.15, -0.1) is 0 Å². The lowest BCUT2D eigenvalue weighted by atomic mass is 9.92. The molecule has 0 bridgehead atoms. The minimum Gasteiger partial charge on any atom is -0.307 e. The van der Waals surface area contributed by atoms with E-state index in [2.05, 4.69) is 44.3 Å². The molecule has 0 aliphatic heterocycles. The second-order valence-corrected chi connectivity index (χ2v) is 5.41. The average molecular weight is 271 g/mol. The zero-order valence-corrected chi connectivity index (χ0v) is 12.6. The molecule has 1 atom stereocenters. The van der Waals surface area contributed by atoms with Crippen molar-refractivity contribution in [1.29, 1.82) is 0 Å². The molecule has 2 heteroatoms. The molecule has 0 spiro atoms. The first-order valence-corrected chi connectivity index (χ1v) is 7.09. The fraction of sp³-hybridized carbons (Fsp3) is 0.333. The summed E-state index contributed by atoms with van der Waals surface area (Å²) in [6, 6.07) is 11.5. The minimum atomic E-state index is -0.183. The SMILES string of the molecule is CCNC(c1cc(C)cc(C)c1)c1cc(F)ccc1C. The molecule has 0 saturated heterocycles. The summed E-state index contributed by atoms with van der Waals surface area (Å²) >= 11 is 0. The van der Waals surface area contributed by atoms with Crippen LogP contribution in [-0.2, 0) is 0 Å². The number of rotatable bonds is 4. The Hall–Kier alpha value is -1.67. The van der Waals surface area contributed by atoms with Gasteiger partial charge in [0.25, 0.3) is 0 Å². The molecule has 2 aromatic carbocycles. The van der Waals surface area contributed by atoms with Crippen molar-refractivity contribution in [3.63, 3.8) is 0 Å². The molecule has 0 aliphatic rings. The van der Waals surface area contributed by atoms with E-state index >= 15 is 0 Å². The number of aryl methyl sites for hydroxylation is 3. The molecule has 20 heavy (non-hydrogen) atoms. The van der Waals surface area contributed by atoms with Gasteiger partial charge in [-0.25, -0.2) is 4.39 Å². The maximum absolute atomic E-state index is 13.6. The Morgan fingerprint density at radius 3 is 2.25 bits per heavy atom. The lowest BCUT2D eigenvalue weighted by Gasteiger charge is -2.22. The Labute approximate surface area is 120 Å². The lowest BCUT2D eigenvalue weighted by molar-refractivity contribution is 0.600. The monoisotopic (exact) mass is 271 g/mol. The number of benzene rings is 2. The van der Waals surface area contributed by atoms with Crippen LogP contribution in [-0.4, -0.2) is 6.54 Å². The normalized spacial score (nSPS) is 12.4. The van der Waals surface area contributed by atoms with Gasteiger partial charge in [0, 0.05) is 0 Å². The minimum absolute atomic E-state index is 0.0364. The van der Waals surface area contributed by atoms with Crippen LogP contribution >= 0.6 is 0 Å². The highest BCUT2D eigenvalue weighted by Crippen LogP contribution is 2.27. The van der Waals surface area contributed by atoms with Crippen molar-refractivity contribution in [2.24, 2.45) is 0 Å². The van der Waals surface area contributed by atoms with E-state index in [-0.39, 0.29) is 11.9 Å². The van der Waals surface area contributed by atoms with Crippen molar-refractivity contribution < 1.29 is 4.39 Å². The van der Waals surface area contributed by atoms with Crippen molar-refractivity contribution in [2.45, 2.75) is 33.7 Å². The van der Waals surface area contributed by atoms with Gasteiger partial charge in [0.2, 0.25) is 0 Å². The highest BCUT2D eigenvalue weighted by atomic mass is 19.1. The molecule has 0 amide bonds. The van der Waals surface area contributed by atoms with Crippen LogP contribution in [0.25, 0.3) is 0 Å². The van der Waals surface area contributed by atoms with Crippen LogP contribution in [0.15, 0.2) is 36.4 Å². The Balaban J connectivity index is 2.52. The number of halogens is 1. The highest BCUT2D eigenvalue weighted by molar-refractivity contribution is 5.40. The van der Waals surface area contributed by atoms with Crippen molar-refractivity contribution in [3.8, 4) is 0 Å². The fourth-order valence-electron chi connectivity index (χ4n) is 2.71. The molecule has 0 radical (unpaired) electrons. The summed E-state index contributed by atoms with van der Waals surface area (Å²) in [7, 11) is 0. The molecule has 2 rings (SSSR count). The predicted molar refractivity (Wildman–Crippen MR) is 82.6 cm³/mol. The van der Waals surface area contributed by atoms with Crippen LogP contribution in [0.5, 0.6) is 0 Å². The van der Waals surface area contributed by atoms with Crippen LogP contribution in [0.4, 0.5) is 4.39 Å². The average Bonchev–Trinajstić information content (AvgIpc) is 2.38. The third kappa shape index (κ3) is 3.26. The molecule has 2 aromatic rings.